The molecule has 2 amide bonds. The zero-order valence-electron chi connectivity index (χ0n) is 9.87. The molecule has 1 fully saturated rings. The lowest BCUT2D eigenvalue weighted by Gasteiger charge is -2.31. The van der Waals surface area contributed by atoms with Crippen molar-refractivity contribution in [2.45, 2.75) is 26.2 Å². The number of nitrogens with zero attached hydrogens (tertiary/aromatic N) is 1. The van der Waals surface area contributed by atoms with Crippen LogP contribution in [0.4, 0.5) is 0 Å². The first kappa shape index (κ1) is 12.7. The van der Waals surface area contributed by atoms with Crippen LogP contribution in [0.2, 0.25) is 0 Å². The van der Waals surface area contributed by atoms with E-state index in [0.717, 1.165) is 32.4 Å². The summed E-state index contributed by atoms with van der Waals surface area (Å²) in [5.74, 6) is 0.681. The molecule has 0 aliphatic carbocycles. The van der Waals surface area contributed by atoms with Crippen LogP contribution >= 0.6 is 0 Å². The van der Waals surface area contributed by atoms with E-state index in [2.05, 4.69) is 11.9 Å². The van der Waals surface area contributed by atoms with E-state index < -0.39 is 0 Å². The smallest absolute Gasteiger partial charge is 0.243 e. The van der Waals surface area contributed by atoms with Crippen molar-refractivity contribution in [2.24, 2.45) is 5.92 Å². The molecule has 1 aliphatic rings. The van der Waals surface area contributed by atoms with Crippen LogP contribution in [0.5, 0.6) is 0 Å². The third-order valence-electron chi connectivity index (χ3n) is 3.10. The molecule has 1 N–H and O–H groups in total. The van der Waals surface area contributed by atoms with Gasteiger partial charge in [-0.2, -0.15) is 0 Å². The monoisotopic (exact) mass is 224 g/mol. The zero-order chi connectivity index (χ0) is 12.0. The van der Waals surface area contributed by atoms with Gasteiger partial charge in [0.05, 0.1) is 0 Å². The molecular weight excluding hydrogens is 204 g/mol. The molecule has 1 heterocycles. The van der Waals surface area contributed by atoms with Crippen molar-refractivity contribution < 1.29 is 9.59 Å². The van der Waals surface area contributed by atoms with Crippen LogP contribution < -0.4 is 5.32 Å². The van der Waals surface area contributed by atoms with Gasteiger partial charge in [0, 0.05) is 26.6 Å². The van der Waals surface area contributed by atoms with E-state index in [1.165, 1.54) is 6.08 Å². The van der Waals surface area contributed by atoms with Crippen molar-refractivity contribution >= 4 is 11.8 Å². The van der Waals surface area contributed by atoms with Crippen molar-refractivity contribution in [3.63, 3.8) is 0 Å². The van der Waals surface area contributed by atoms with E-state index >= 15 is 0 Å². The molecule has 1 rings (SSSR count). The lowest BCUT2D eigenvalue weighted by Crippen LogP contribution is -2.37. The lowest BCUT2D eigenvalue weighted by atomic mass is 9.93. The third-order valence-corrected chi connectivity index (χ3v) is 3.10. The van der Waals surface area contributed by atoms with E-state index in [9.17, 15) is 9.59 Å². The fraction of sp³-hybridized carbons (Fsp3) is 0.667. The average molecular weight is 224 g/mol. The summed E-state index contributed by atoms with van der Waals surface area (Å²) in [6.07, 6.45) is 4.37. The number of carbonyl (C=O) groups excluding carboxylic acids is 2. The second-order valence-corrected chi connectivity index (χ2v) is 4.23. The first-order valence-electron chi connectivity index (χ1n) is 5.79. The highest BCUT2D eigenvalue weighted by Gasteiger charge is 2.20. The molecule has 4 nitrogen and oxygen atoms in total. The summed E-state index contributed by atoms with van der Waals surface area (Å²) in [5.41, 5.74) is 0. The molecule has 0 aromatic rings. The van der Waals surface area contributed by atoms with E-state index in [1.807, 2.05) is 4.90 Å². The number of nitrogens with one attached hydrogen (secondary N) is 1. The molecule has 90 valence electrons. The minimum absolute atomic E-state index is 0.110. The predicted octanol–water partition coefficient (Wildman–Crippen LogP) is 0.937. The maximum Gasteiger partial charge on any atom is 0.243 e. The van der Waals surface area contributed by atoms with Crippen molar-refractivity contribution in [1.82, 2.24) is 10.2 Å². The Hall–Kier alpha value is -1.32. The van der Waals surface area contributed by atoms with Gasteiger partial charge in [0.2, 0.25) is 11.8 Å². The number of piperidine rings is 1. The minimum atomic E-state index is -0.110. The van der Waals surface area contributed by atoms with Crippen LogP contribution in [-0.4, -0.2) is 36.3 Å². The quantitative estimate of drug-likeness (QED) is 0.722. The summed E-state index contributed by atoms with van der Waals surface area (Å²) >= 11 is 0. The van der Waals surface area contributed by atoms with Gasteiger partial charge >= 0.3 is 0 Å². The highest BCUT2D eigenvalue weighted by atomic mass is 16.2. The van der Waals surface area contributed by atoms with Crippen molar-refractivity contribution in [3.8, 4) is 0 Å². The number of amides is 2. The molecule has 0 bridgehead atoms. The van der Waals surface area contributed by atoms with E-state index in [0.29, 0.717) is 12.5 Å². The van der Waals surface area contributed by atoms with Gasteiger partial charge in [0.1, 0.15) is 0 Å². The van der Waals surface area contributed by atoms with Crippen molar-refractivity contribution in [1.29, 1.82) is 0 Å². The number of hydrogen-bond donors (Lipinski definition) is 1. The van der Waals surface area contributed by atoms with Crippen LogP contribution in [-0.2, 0) is 9.59 Å². The molecule has 0 spiro atoms. The van der Waals surface area contributed by atoms with Gasteiger partial charge in [-0.05, 0) is 31.3 Å². The molecule has 0 aromatic carbocycles. The molecule has 0 radical (unpaired) electrons. The number of likely N-dealkylation sites (tertiary alicyclic amines) is 1. The standard InChI is InChI=1S/C12H20N2O2/c1-3-12(16)13-7-4-11-5-8-14(9-6-11)10(2)15/h3,11H,1,4-9H2,2H3,(H,13,16). The van der Waals surface area contributed by atoms with Crippen LogP contribution in [0.25, 0.3) is 0 Å². The molecule has 1 aliphatic heterocycles. The zero-order valence-corrected chi connectivity index (χ0v) is 9.87. The van der Waals surface area contributed by atoms with Crippen molar-refractivity contribution in [2.75, 3.05) is 19.6 Å². The van der Waals surface area contributed by atoms with E-state index in [4.69, 9.17) is 0 Å². The largest absolute Gasteiger partial charge is 0.353 e. The van der Waals surface area contributed by atoms with Crippen LogP contribution in [0.1, 0.15) is 26.2 Å². The van der Waals surface area contributed by atoms with Crippen molar-refractivity contribution in [3.05, 3.63) is 12.7 Å². The Labute approximate surface area is 96.7 Å². The summed E-state index contributed by atoms with van der Waals surface area (Å²) in [6, 6.07) is 0. The second kappa shape index (κ2) is 6.30. The summed E-state index contributed by atoms with van der Waals surface area (Å²) in [4.78, 5) is 23.9. The third kappa shape index (κ3) is 4.04. The summed E-state index contributed by atoms with van der Waals surface area (Å²) in [7, 11) is 0. The van der Waals surface area contributed by atoms with Gasteiger partial charge in [0.15, 0.2) is 0 Å². The summed E-state index contributed by atoms with van der Waals surface area (Å²) in [5, 5.41) is 2.78. The Morgan fingerprint density at radius 2 is 2.06 bits per heavy atom. The summed E-state index contributed by atoms with van der Waals surface area (Å²) in [6.45, 7) is 7.43. The Bertz CT molecular complexity index is 268. The molecule has 4 heteroatoms. The van der Waals surface area contributed by atoms with E-state index in [1.54, 1.807) is 6.92 Å². The molecule has 1 saturated heterocycles. The Morgan fingerprint density at radius 1 is 1.44 bits per heavy atom. The Morgan fingerprint density at radius 3 is 2.56 bits per heavy atom. The second-order valence-electron chi connectivity index (χ2n) is 4.23. The highest BCUT2D eigenvalue weighted by Crippen LogP contribution is 2.19. The molecule has 0 atom stereocenters. The maximum atomic E-state index is 11.1. The molecule has 0 aromatic heterocycles. The van der Waals surface area contributed by atoms with Crippen LogP contribution in [0, 0.1) is 5.92 Å². The number of rotatable bonds is 4. The molecular formula is C12H20N2O2. The first-order valence-corrected chi connectivity index (χ1v) is 5.79. The van der Waals surface area contributed by atoms with Gasteiger partial charge in [-0.15, -0.1) is 0 Å². The summed E-state index contributed by atoms with van der Waals surface area (Å²) < 4.78 is 0. The Kier molecular flexibility index (Phi) is 5.02. The van der Waals surface area contributed by atoms with Gasteiger partial charge < -0.3 is 10.2 Å². The molecule has 0 unspecified atom stereocenters. The number of hydrogen-bond acceptors (Lipinski definition) is 2. The van der Waals surface area contributed by atoms with E-state index in [-0.39, 0.29) is 11.8 Å². The topological polar surface area (TPSA) is 49.4 Å². The predicted molar refractivity (Wildman–Crippen MR) is 62.8 cm³/mol. The average Bonchev–Trinajstić information content (AvgIpc) is 2.29. The lowest BCUT2D eigenvalue weighted by molar-refractivity contribution is -0.130. The van der Waals surface area contributed by atoms with Gasteiger partial charge in [-0.1, -0.05) is 6.58 Å². The fourth-order valence-corrected chi connectivity index (χ4v) is 2.01. The number of carbonyl (C=O) groups is 2. The Balaban J connectivity index is 2.15. The minimum Gasteiger partial charge on any atom is -0.353 e. The van der Waals surface area contributed by atoms with Crippen LogP contribution in [0.3, 0.4) is 0 Å². The first-order chi connectivity index (χ1) is 7.63. The highest BCUT2D eigenvalue weighted by molar-refractivity contribution is 5.86. The molecule has 16 heavy (non-hydrogen) atoms. The van der Waals surface area contributed by atoms with Gasteiger partial charge in [-0.25, -0.2) is 0 Å². The van der Waals surface area contributed by atoms with Crippen LogP contribution in [0.15, 0.2) is 12.7 Å². The maximum absolute atomic E-state index is 11.1. The fourth-order valence-electron chi connectivity index (χ4n) is 2.01. The molecule has 0 saturated carbocycles. The van der Waals surface area contributed by atoms with Gasteiger partial charge in [0.25, 0.3) is 0 Å². The van der Waals surface area contributed by atoms with Gasteiger partial charge in [-0.3, -0.25) is 9.59 Å². The SMILES string of the molecule is C=CC(=O)NCCC1CCN(C(C)=O)CC1. The normalized spacial score (nSPS) is 16.9.